The highest BCUT2D eigenvalue weighted by Crippen LogP contribution is 2.42. The summed E-state index contributed by atoms with van der Waals surface area (Å²) in [5.41, 5.74) is 0.0444. The van der Waals surface area contributed by atoms with Gasteiger partial charge in [0.1, 0.15) is 27.5 Å². The van der Waals surface area contributed by atoms with Gasteiger partial charge in [-0.25, -0.2) is 0 Å². The zero-order valence-corrected chi connectivity index (χ0v) is 24.1. The molecule has 186 valence electrons. The zero-order chi connectivity index (χ0) is 25.2. The van der Waals surface area contributed by atoms with E-state index in [1.807, 2.05) is 35.4 Å². The molecule has 1 heterocycles. The summed E-state index contributed by atoms with van der Waals surface area (Å²) in [6.45, 7) is 15.4. The number of piperidine rings is 1. The first-order valence-corrected chi connectivity index (χ1v) is 12.8. The van der Waals surface area contributed by atoms with Crippen LogP contribution in [0.1, 0.15) is 79.9 Å². The average Bonchev–Trinajstić information content (AvgIpc) is 2.65. The Morgan fingerprint density at radius 3 is 1.91 bits per heavy atom. The van der Waals surface area contributed by atoms with E-state index in [2.05, 4.69) is 59.6 Å². The molecule has 1 unspecified atom stereocenters. The molecule has 1 aromatic carbocycles. The number of hydrogen-bond donors (Lipinski definition) is 0. The lowest BCUT2D eigenvalue weighted by Gasteiger charge is -2.54. The third-order valence-corrected chi connectivity index (χ3v) is 6.22. The molecule has 1 saturated heterocycles. The summed E-state index contributed by atoms with van der Waals surface area (Å²) < 4.78 is 9.92. The minimum atomic E-state index is -0.780. The molecule has 1 atom stereocenters. The topological polar surface area (TPSA) is 65.1 Å². The van der Waals surface area contributed by atoms with Crippen molar-refractivity contribution in [2.45, 2.75) is 100 Å². The monoisotopic (exact) mass is 589 g/mol. The van der Waals surface area contributed by atoms with Crippen molar-refractivity contribution in [3.63, 3.8) is 0 Å². The predicted molar refractivity (Wildman–Crippen MR) is 136 cm³/mol. The normalized spacial score (nSPS) is 20.2. The number of carbonyl (C=O) groups excluding carboxylic acids is 2. The number of ether oxygens (including phenoxy) is 2. The lowest BCUT2D eigenvalue weighted by Crippen LogP contribution is -2.62. The van der Waals surface area contributed by atoms with Gasteiger partial charge in [0.25, 0.3) is 0 Å². The molecule has 1 aromatic rings. The molecule has 1 aliphatic heterocycles. The van der Waals surface area contributed by atoms with Crippen LogP contribution in [0.15, 0.2) is 30.3 Å². The van der Waals surface area contributed by atoms with Crippen molar-refractivity contribution >= 4 is 43.8 Å². The van der Waals surface area contributed by atoms with Crippen molar-refractivity contribution in [1.29, 1.82) is 0 Å². The van der Waals surface area contributed by atoms with Crippen LogP contribution in [0.25, 0.3) is 0 Å². The van der Waals surface area contributed by atoms with E-state index in [0.717, 1.165) is 5.56 Å². The van der Waals surface area contributed by atoms with Crippen LogP contribution in [-0.4, -0.2) is 49.4 Å². The lowest BCUT2D eigenvalue weighted by atomic mass is 9.80. The largest absolute Gasteiger partial charge is 0.461 e. The lowest BCUT2D eigenvalue weighted by molar-refractivity contribution is -0.321. The summed E-state index contributed by atoms with van der Waals surface area (Å²) in [5.74, 6) is -0.631. The van der Waals surface area contributed by atoms with Crippen molar-refractivity contribution in [2.75, 3.05) is 6.61 Å². The Morgan fingerprint density at radius 2 is 1.45 bits per heavy atom. The van der Waals surface area contributed by atoms with Crippen LogP contribution >= 0.6 is 31.9 Å². The third kappa shape index (κ3) is 7.77. The van der Waals surface area contributed by atoms with Gasteiger partial charge < -0.3 is 9.47 Å². The fourth-order valence-electron chi connectivity index (χ4n) is 4.14. The van der Waals surface area contributed by atoms with E-state index in [0.29, 0.717) is 12.8 Å². The van der Waals surface area contributed by atoms with Crippen LogP contribution in [0.5, 0.6) is 0 Å². The van der Waals surface area contributed by atoms with E-state index in [4.69, 9.17) is 14.3 Å². The molecule has 0 aliphatic carbocycles. The van der Waals surface area contributed by atoms with Crippen molar-refractivity contribution in [2.24, 2.45) is 0 Å². The quantitative estimate of drug-likeness (QED) is 0.269. The molecule has 0 spiro atoms. The van der Waals surface area contributed by atoms with E-state index < -0.39 is 25.8 Å². The summed E-state index contributed by atoms with van der Waals surface area (Å²) >= 11 is 6.74. The van der Waals surface area contributed by atoms with Crippen LogP contribution < -0.4 is 0 Å². The van der Waals surface area contributed by atoms with E-state index in [1.54, 1.807) is 27.7 Å². The minimum Gasteiger partial charge on any atom is -0.461 e. The molecule has 0 radical (unpaired) electrons. The maximum Gasteiger partial charge on any atom is 0.322 e. The van der Waals surface area contributed by atoms with E-state index >= 15 is 0 Å². The van der Waals surface area contributed by atoms with Gasteiger partial charge in [0.05, 0.1) is 0 Å². The first-order chi connectivity index (χ1) is 14.9. The van der Waals surface area contributed by atoms with Crippen LogP contribution in [0, 0.1) is 0 Å². The number of esters is 2. The maximum absolute atomic E-state index is 12.5. The zero-order valence-electron chi connectivity index (χ0n) is 20.9. The van der Waals surface area contributed by atoms with Crippen LogP contribution in [-0.2, 0) is 23.9 Å². The van der Waals surface area contributed by atoms with Crippen LogP contribution in [0.4, 0.5) is 0 Å². The first kappa shape index (κ1) is 28.3. The third-order valence-electron chi connectivity index (χ3n) is 5.57. The predicted octanol–water partition coefficient (Wildman–Crippen LogP) is 6.11. The summed E-state index contributed by atoms with van der Waals surface area (Å²) in [6, 6.07) is 9.74. The molecule has 2 rings (SSSR count). The number of nitrogens with zero attached hydrogens (tertiary/aromatic N) is 1. The van der Waals surface area contributed by atoms with Gasteiger partial charge in [-0.1, -0.05) is 62.2 Å². The Bertz CT molecular complexity index is 809. The highest BCUT2D eigenvalue weighted by atomic mass is 79.9. The van der Waals surface area contributed by atoms with E-state index in [9.17, 15) is 9.59 Å². The highest BCUT2D eigenvalue weighted by molar-refractivity contribution is 9.10. The standard InChI is InChI=1S/C25H37Br2NO5/c1-22(2)14-18(32-21(30)25(7,8)27)15-23(3,4)28(22)33-19(17-12-10-9-11-13-17)16-31-20(29)24(5,6)26/h9-13,18-19H,14-16H2,1-8H3. The summed E-state index contributed by atoms with van der Waals surface area (Å²) in [6.07, 6.45) is 0.507. The second kappa shape index (κ2) is 10.3. The van der Waals surface area contributed by atoms with E-state index in [1.165, 1.54) is 0 Å². The molecule has 1 aliphatic rings. The smallest absolute Gasteiger partial charge is 0.322 e. The second-order valence-electron chi connectivity index (χ2n) is 10.9. The fraction of sp³-hybridized carbons (Fsp3) is 0.680. The number of hydrogen-bond acceptors (Lipinski definition) is 6. The van der Waals surface area contributed by atoms with Gasteiger partial charge in [-0.15, -0.1) is 0 Å². The average molecular weight is 591 g/mol. The first-order valence-electron chi connectivity index (χ1n) is 11.2. The van der Waals surface area contributed by atoms with Crippen molar-refractivity contribution in [3.05, 3.63) is 35.9 Å². The molecule has 0 amide bonds. The highest BCUT2D eigenvalue weighted by Gasteiger charge is 2.49. The number of halogens is 2. The second-order valence-corrected chi connectivity index (χ2v) is 14.9. The fourth-order valence-corrected chi connectivity index (χ4v) is 4.35. The molecule has 8 heteroatoms. The Kier molecular flexibility index (Phi) is 8.86. The Labute approximate surface area is 214 Å². The summed E-state index contributed by atoms with van der Waals surface area (Å²) in [4.78, 5) is 31.4. The molecule has 6 nitrogen and oxygen atoms in total. The van der Waals surface area contributed by atoms with Crippen LogP contribution in [0.2, 0.25) is 0 Å². The number of benzene rings is 1. The number of alkyl halides is 2. The molecule has 1 fully saturated rings. The molecular weight excluding hydrogens is 554 g/mol. The molecule has 0 bridgehead atoms. The Hall–Kier alpha value is -0.960. The number of rotatable bonds is 8. The summed E-state index contributed by atoms with van der Waals surface area (Å²) in [7, 11) is 0. The molecule has 0 saturated carbocycles. The molecular formula is C25H37Br2NO5. The number of hydroxylamine groups is 2. The Balaban J connectivity index is 2.24. The minimum absolute atomic E-state index is 0.0801. The van der Waals surface area contributed by atoms with Gasteiger partial charge in [0.2, 0.25) is 0 Å². The van der Waals surface area contributed by atoms with E-state index in [-0.39, 0.29) is 24.6 Å². The SMILES string of the molecule is CC(C)(Br)C(=O)OCC(ON1C(C)(C)CC(OC(=O)C(C)(C)Br)CC1(C)C)c1ccccc1. The summed E-state index contributed by atoms with van der Waals surface area (Å²) in [5, 5.41) is 1.98. The van der Waals surface area contributed by atoms with Crippen molar-refractivity contribution in [1.82, 2.24) is 5.06 Å². The van der Waals surface area contributed by atoms with Gasteiger partial charge in [0.15, 0.2) is 0 Å². The van der Waals surface area contributed by atoms with Gasteiger partial charge in [-0.05, 0) is 61.0 Å². The van der Waals surface area contributed by atoms with Crippen LogP contribution in [0.3, 0.4) is 0 Å². The maximum atomic E-state index is 12.5. The van der Waals surface area contributed by atoms with Gasteiger partial charge in [-0.2, -0.15) is 5.06 Å². The van der Waals surface area contributed by atoms with Gasteiger partial charge >= 0.3 is 11.9 Å². The molecule has 0 aromatic heterocycles. The Morgan fingerprint density at radius 1 is 0.970 bits per heavy atom. The van der Waals surface area contributed by atoms with Gasteiger partial charge in [-0.3, -0.25) is 14.4 Å². The van der Waals surface area contributed by atoms with Gasteiger partial charge in [0, 0.05) is 23.9 Å². The number of carbonyl (C=O) groups is 2. The van der Waals surface area contributed by atoms with Crippen molar-refractivity contribution in [3.8, 4) is 0 Å². The molecule has 0 N–H and O–H groups in total. The van der Waals surface area contributed by atoms with Crippen molar-refractivity contribution < 1.29 is 23.9 Å². The molecule has 33 heavy (non-hydrogen) atoms.